The van der Waals surface area contributed by atoms with Gasteiger partial charge in [0.15, 0.2) is 0 Å². The summed E-state index contributed by atoms with van der Waals surface area (Å²) in [4.78, 5) is 26.5. The van der Waals surface area contributed by atoms with Crippen molar-refractivity contribution in [1.82, 2.24) is 4.90 Å². The summed E-state index contributed by atoms with van der Waals surface area (Å²) in [5.41, 5.74) is 7.13. The Morgan fingerprint density at radius 2 is 1.88 bits per heavy atom. The van der Waals surface area contributed by atoms with E-state index in [4.69, 9.17) is 5.73 Å². The molecule has 0 saturated carbocycles. The molecule has 1 aromatic carbocycles. The molecular weight excluding hydrogens is 326 g/mol. The Hall–Kier alpha value is -1.59. The highest BCUT2D eigenvalue weighted by atomic mass is 35.5. The van der Waals surface area contributed by atoms with Crippen LogP contribution in [0.25, 0.3) is 0 Å². The molecule has 5 nitrogen and oxygen atoms in total. The standard InChI is InChI=1S/C18H27N3O2.ClH/c1-13(2)11-16(19)17(22)20-15-8-6-7-14(12-15)18(23)21-9-4-3-5-10-21;/h6-8,12-13,16H,3-5,9-11,19H2,1-2H3,(H,20,22);1H/t16-;/m0./s1. The number of nitrogens with two attached hydrogens (primary N) is 1. The maximum atomic E-state index is 12.5. The first-order valence-corrected chi connectivity index (χ1v) is 8.43. The van der Waals surface area contributed by atoms with E-state index in [0.717, 1.165) is 25.9 Å². The zero-order valence-corrected chi connectivity index (χ0v) is 15.3. The number of anilines is 1. The molecule has 1 saturated heterocycles. The second kappa shape index (κ2) is 9.64. The summed E-state index contributed by atoms with van der Waals surface area (Å²) < 4.78 is 0. The Morgan fingerprint density at radius 3 is 2.50 bits per heavy atom. The fraction of sp³-hybridized carbons (Fsp3) is 0.556. The monoisotopic (exact) mass is 353 g/mol. The molecule has 1 aliphatic rings. The van der Waals surface area contributed by atoms with E-state index < -0.39 is 6.04 Å². The zero-order chi connectivity index (χ0) is 16.8. The average molecular weight is 354 g/mol. The first-order valence-electron chi connectivity index (χ1n) is 8.43. The van der Waals surface area contributed by atoms with E-state index in [-0.39, 0.29) is 24.2 Å². The van der Waals surface area contributed by atoms with Crippen molar-refractivity contribution in [1.29, 1.82) is 0 Å². The van der Waals surface area contributed by atoms with Gasteiger partial charge in [-0.3, -0.25) is 9.59 Å². The fourth-order valence-electron chi connectivity index (χ4n) is 2.86. The predicted octanol–water partition coefficient (Wildman–Crippen LogP) is 3.05. The van der Waals surface area contributed by atoms with E-state index in [2.05, 4.69) is 5.32 Å². The lowest BCUT2D eigenvalue weighted by Gasteiger charge is -2.26. The van der Waals surface area contributed by atoms with Crippen molar-refractivity contribution in [3.8, 4) is 0 Å². The zero-order valence-electron chi connectivity index (χ0n) is 14.5. The van der Waals surface area contributed by atoms with Crippen LogP contribution in [0.15, 0.2) is 24.3 Å². The van der Waals surface area contributed by atoms with Gasteiger partial charge in [-0.15, -0.1) is 12.4 Å². The van der Waals surface area contributed by atoms with Crippen molar-refractivity contribution in [2.45, 2.75) is 45.6 Å². The van der Waals surface area contributed by atoms with Crippen molar-refractivity contribution >= 4 is 29.9 Å². The molecule has 1 heterocycles. The average Bonchev–Trinajstić information content (AvgIpc) is 2.54. The van der Waals surface area contributed by atoms with E-state index >= 15 is 0 Å². The SMILES string of the molecule is CC(C)C[C@H](N)C(=O)Nc1cccc(C(=O)N2CCCCC2)c1.Cl. The Morgan fingerprint density at radius 1 is 1.21 bits per heavy atom. The highest BCUT2D eigenvalue weighted by Crippen LogP contribution is 2.17. The van der Waals surface area contributed by atoms with Gasteiger partial charge in [-0.25, -0.2) is 0 Å². The minimum Gasteiger partial charge on any atom is -0.339 e. The number of benzene rings is 1. The number of rotatable bonds is 5. The van der Waals surface area contributed by atoms with Crippen LogP contribution in [0.3, 0.4) is 0 Å². The minimum absolute atomic E-state index is 0. The van der Waals surface area contributed by atoms with Crippen LogP contribution >= 0.6 is 12.4 Å². The van der Waals surface area contributed by atoms with Crippen LogP contribution in [0.4, 0.5) is 5.69 Å². The Balaban J connectivity index is 0.00000288. The maximum absolute atomic E-state index is 12.5. The molecule has 0 spiro atoms. The lowest BCUT2D eigenvalue weighted by molar-refractivity contribution is -0.117. The van der Waals surface area contributed by atoms with E-state index in [1.165, 1.54) is 6.42 Å². The first-order chi connectivity index (χ1) is 11.0. The van der Waals surface area contributed by atoms with Gasteiger partial charge in [0.05, 0.1) is 6.04 Å². The van der Waals surface area contributed by atoms with Crippen molar-refractivity contribution in [2.75, 3.05) is 18.4 Å². The number of hydrogen-bond donors (Lipinski definition) is 2. The topological polar surface area (TPSA) is 75.4 Å². The molecule has 24 heavy (non-hydrogen) atoms. The molecule has 6 heteroatoms. The van der Waals surface area contributed by atoms with Gasteiger partial charge in [-0.2, -0.15) is 0 Å². The van der Waals surface area contributed by atoms with E-state index in [1.54, 1.807) is 24.3 Å². The van der Waals surface area contributed by atoms with Gasteiger partial charge in [0, 0.05) is 24.3 Å². The molecule has 2 amide bonds. The molecule has 0 radical (unpaired) electrons. The minimum atomic E-state index is -0.531. The number of nitrogens with one attached hydrogen (secondary N) is 1. The summed E-state index contributed by atoms with van der Waals surface area (Å²) in [5.74, 6) is 0.191. The molecule has 0 bridgehead atoms. The quantitative estimate of drug-likeness (QED) is 0.854. The lowest BCUT2D eigenvalue weighted by atomic mass is 10.0. The molecule has 0 aliphatic carbocycles. The number of piperidine rings is 1. The largest absolute Gasteiger partial charge is 0.339 e. The number of carbonyl (C=O) groups excluding carboxylic acids is 2. The normalized spacial score (nSPS) is 15.6. The molecule has 1 aliphatic heterocycles. The van der Waals surface area contributed by atoms with Crippen LogP contribution in [0, 0.1) is 5.92 Å². The van der Waals surface area contributed by atoms with Gasteiger partial charge in [0.1, 0.15) is 0 Å². The molecule has 0 unspecified atom stereocenters. The highest BCUT2D eigenvalue weighted by Gasteiger charge is 2.19. The molecule has 1 fully saturated rings. The van der Waals surface area contributed by atoms with Crippen LogP contribution < -0.4 is 11.1 Å². The van der Waals surface area contributed by atoms with Crippen molar-refractivity contribution in [2.24, 2.45) is 11.7 Å². The van der Waals surface area contributed by atoms with Crippen molar-refractivity contribution < 1.29 is 9.59 Å². The summed E-state index contributed by atoms with van der Waals surface area (Å²) in [5, 5.41) is 2.81. The number of carbonyl (C=O) groups is 2. The van der Waals surface area contributed by atoms with Gasteiger partial charge >= 0.3 is 0 Å². The van der Waals surface area contributed by atoms with Gasteiger partial charge in [0.2, 0.25) is 5.91 Å². The summed E-state index contributed by atoms with van der Waals surface area (Å²) in [6.45, 7) is 5.69. The number of hydrogen-bond acceptors (Lipinski definition) is 3. The van der Waals surface area contributed by atoms with Crippen LogP contribution in [0.5, 0.6) is 0 Å². The molecular formula is C18H28ClN3O2. The number of halogens is 1. The third-order valence-electron chi connectivity index (χ3n) is 4.08. The fourth-order valence-corrected chi connectivity index (χ4v) is 2.86. The third-order valence-corrected chi connectivity index (χ3v) is 4.08. The predicted molar refractivity (Wildman–Crippen MR) is 99.5 cm³/mol. The summed E-state index contributed by atoms with van der Waals surface area (Å²) in [6.07, 6.45) is 3.95. The van der Waals surface area contributed by atoms with Crippen LogP contribution in [0.2, 0.25) is 0 Å². The number of likely N-dealkylation sites (tertiary alicyclic amines) is 1. The Kier molecular flexibility index (Phi) is 8.22. The lowest BCUT2D eigenvalue weighted by Crippen LogP contribution is -2.37. The van der Waals surface area contributed by atoms with Crippen LogP contribution in [0.1, 0.15) is 49.9 Å². The number of nitrogens with zero attached hydrogens (tertiary/aromatic N) is 1. The summed E-state index contributed by atoms with van der Waals surface area (Å²) in [6, 6.07) is 6.57. The maximum Gasteiger partial charge on any atom is 0.253 e. The molecule has 1 aromatic rings. The van der Waals surface area contributed by atoms with Gasteiger partial charge in [-0.1, -0.05) is 19.9 Å². The van der Waals surface area contributed by atoms with E-state index in [1.807, 2.05) is 18.7 Å². The van der Waals surface area contributed by atoms with Crippen LogP contribution in [-0.2, 0) is 4.79 Å². The van der Waals surface area contributed by atoms with E-state index in [9.17, 15) is 9.59 Å². The Bertz CT molecular complexity index is 557. The summed E-state index contributed by atoms with van der Waals surface area (Å²) in [7, 11) is 0. The first kappa shape index (κ1) is 20.5. The summed E-state index contributed by atoms with van der Waals surface area (Å²) >= 11 is 0. The second-order valence-electron chi connectivity index (χ2n) is 6.66. The molecule has 134 valence electrons. The molecule has 3 N–H and O–H groups in total. The van der Waals surface area contributed by atoms with Crippen molar-refractivity contribution in [3.63, 3.8) is 0 Å². The third kappa shape index (κ3) is 5.80. The van der Waals surface area contributed by atoms with E-state index in [0.29, 0.717) is 23.6 Å². The Labute approximate surface area is 150 Å². The smallest absolute Gasteiger partial charge is 0.253 e. The molecule has 2 rings (SSSR count). The van der Waals surface area contributed by atoms with Crippen LogP contribution in [-0.4, -0.2) is 35.8 Å². The highest BCUT2D eigenvalue weighted by molar-refractivity contribution is 5.98. The van der Waals surface area contributed by atoms with Gasteiger partial charge in [0.25, 0.3) is 5.91 Å². The molecule has 1 atom stereocenters. The molecule has 0 aromatic heterocycles. The van der Waals surface area contributed by atoms with Gasteiger partial charge in [-0.05, 0) is 49.8 Å². The van der Waals surface area contributed by atoms with Gasteiger partial charge < -0.3 is 16.0 Å². The van der Waals surface area contributed by atoms with Crippen molar-refractivity contribution in [3.05, 3.63) is 29.8 Å². The second-order valence-corrected chi connectivity index (χ2v) is 6.66. The number of amides is 2.